The van der Waals surface area contributed by atoms with E-state index in [1.165, 1.54) is 0 Å². The van der Waals surface area contributed by atoms with Gasteiger partial charge in [-0.3, -0.25) is 9.59 Å². The molecule has 1 aromatic carbocycles. The van der Waals surface area contributed by atoms with Gasteiger partial charge in [-0.25, -0.2) is 0 Å². The standard InChI is InChI=1S/C13H14O3/c14-11-7-4-8-13(11,9-12(15)16)10-5-2-1-3-6-10/h1-3,5-6H,4,7-9H2,(H,15,16). The molecule has 1 N–H and O–H groups in total. The van der Waals surface area contributed by atoms with Crippen molar-refractivity contribution < 1.29 is 14.7 Å². The smallest absolute Gasteiger partial charge is 0.304 e. The number of hydrogen-bond donors (Lipinski definition) is 1. The average Bonchev–Trinajstić information content (AvgIpc) is 2.62. The maximum Gasteiger partial charge on any atom is 0.304 e. The molecule has 3 heteroatoms. The second kappa shape index (κ2) is 4.08. The topological polar surface area (TPSA) is 54.4 Å². The lowest BCUT2D eigenvalue weighted by Gasteiger charge is -2.25. The highest BCUT2D eigenvalue weighted by molar-refractivity contribution is 5.95. The first-order valence-corrected chi connectivity index (χ1v) is 5.46. The Morgan fingerprint density at radius 2 is 2.00 bits per heavy atom. The molecule has 2 rings (SSSR count). The van der Waals surface area contributed by atoms with Gasteiger partial charge in [0.15, 0.2) is 0 Å². The lowest BCUT2D eigenvalue weighted by Crippen LogP contribution is -2.33. The van der Waals surface area contributed by atoms with Gasteiger partial charge in [0.2, 0.25) is 0 Å². The first-order valence-electron chi connectivity index (χ1n) is 5.46. The molecule has 84 valence electrons. The zero-order valence-corrected chi connectivity index (χ0v) is 8.98. The SMILES string of the molecule is O=C(O)CC1(c2ccccc2)CCCC1=O. The molecular weight excluding hydrogens is 204 g/mol. The Balaban J connectivity index is 2.42. The predicted octanol–water partition coefficient (Wildman–Crippen LogP) is 2.15. The van der Waals surface area contributed by atoms with Crippen LogP contribution in [0, 0.1) is 0 Å². The van der Waals surface area contributed by atoms with Crippen LogP contribution in [0.3, 0.4) is 0 Å². The Kier molecular flexibility index (Phi) is 2.77. The molecule has 0 heterocycles. The number of ketones is 1. The molecule has 1 atom stereocenters. The normalized spacial score (nSPS) is 24.6. The van der Waals surface area contributed by atoms with Gasteiger partial charge in [-0.2, -0.15) is 0 Å². The van der Waals surface area contributed by atoms with E-state index in [1.54, 1.807) is 0 Å². The Morgan fingerprint density at radius 1 is 1.31 bits per heavy atom. The van der Waals surface area contributed by atoms with E-state index in [1.807, 2.05) is 30.3 Å². The molecule has 0 amide bonds. The molecular formula is C13H14O3. The highest BCUT2D eigenvalue weighted by atomic mass is 16.4. The fraction of sp³-hybridized carbons (Fsp3) is 0.385. The van der Waals surface area contributed by atoms with Gasteiger partial charge >= 0.3 is 5.97 Å². The summed E-state index contributed by atoms with van der Waals surface area (Å²) < 4.78 is 0. The second-order valence-corrected chi connectivity index (χ2v) is 4.30. The lowest BCUT2D eigenvalue weighted by atomic mass is 9.75. The fourth-order valence-corrected chi connectivity index (χ4v) is 2.54. The maximum absolute atomic E-state index is 12.0. The van der Waals surface area contributed by atoms with E-state index >= 15 is 0 Å². The van der Waals surface area contributed by atoms with Gasteiger partial charge in [0.25, 0.3) is 0 Å². The van der Waals surface area contributed by atoms with E-state index in [0.29, 0.717) is 12.8 Å². The van der Waals surface area contributed by atoms with Crippen LogP contribution in [0.5, 0.6) is 0 Å². The largest absolute Gasteiger partial charge is 0.481 e. The van der Waals surface area contributed by atoms with E-state index in [9.17, 15) is 9.59 Å². The van der Waals surface area contributed by atoms with Crippen LogP contribution in [0.2, 0.25) is 0 Å². The molecule has 1 saturated carbocycles. The van der Waals surface area contributed by atoms with Crippen molar-refractivity contribution in [2.24, 2.45) is 0 Å². The van der Waals surface area contributed by atoms with Gasteiger partial charge in [0, 0.05) is 6.42 Å². The summed E-state index contributed by atoms with van der Waals surface area (Å²) in [6.07, 6.45) is 1.86. The third-order valence-electron chi connectivity index (χ3n) is 3.32. The molecule has 0 radical (unpaired) electrons. The molecule has 1 fully saturated rings. The minimum atomic E-state index is -0.904. The molecule has 0 aliphatic heterocycles. The first-order chi connectivity index (χ1) is 7.65. The van der Waals surface area contributed by atoms with E-state index in [4.69, 9.17) is 5.11 Å². The third-order valence-corrected chi connectivity index (χ3v) is 3.32. The van der Waals surface area contributed by atoms with Crippen molar-refractivity contribution in [2.45, 2.75) is 31.1 Å². The van der Waals surface area contributed by atoms with Crippen molar-refractivity contribution in [3.63, 3.8) is 0 Å². The van der Waals surface area contributed by atoms with Crippen molar-refractivity contribution in [1.82, 2.24) is 0 Å². The van der Waals surface area contributed by atoms with Crippen LogP contribution in [0.1, 0.15) is 31.2 Å². The number of aliphatic carboxylic acids is 1. The Hall–Kier alpha value is -1.64. The summed E-state index contributed by atoms with van der Waals surface area (Å²) in [6.45, 7) is 0. The van der Waals surface area contributed by atoms with Crippen molar-refractivity contribution in [1.29, 1.82) is 0 Å². The van der Waals surface area contributed by atoms with Crippen molar-refractivity contribution in [3.8, 4) is 0 Å². The van der Waals surface area contributed by atoms with Crippen molar-refractivity contribution in [2.75, 3.05) is 0 Å². The van der Waals surface area contributed by atoms with E-state index in [2.05, 4.69) is 0 Å². The second-order valence-electron chi connectivity index (χ2n) is 4.30. The van der Waals surface area contributed by atoms with Gasteiger partial charge in [-0.15, -0.1) is 0 Å². The summed E-state index contributed by atoms with van der Waals surface area (Å²) >= 11 is 0. The fourth-order valence-electron chi connectivity index (χ4n) is 2.54. The van der Waals surface area contributed by atoms with Crippen LogP contribution < -0.4 is 0 Å². The van der Waals surface area contributed by atoms with Crippen LogP contribution >= 0.6 is 0 Å². The molecule has 1 unspecified atom stereocenters. The summed E-state index contributed by atoms with van der Waals surface area (Å²) in [4.78, 5) is 22.9. The first kappa shape index (κ1) is 10.9. The van der Waals surface area contributed by atoms with Crippen molar-refractivity contribution >= 4 is 11.8 Å². The van der Waals surface area contributed by atoms with Crippen LogP contribution in [-0.2, 0) is 15.0 Å². The summed E-state index contributed by atoms with van der Waals surface area (Å²) in [7, 11) is 0. The summed E-state index contributed by atoms with van der Waals surface area (Å²) in [5.74, 6) is -0.833. The molecule has 0 saturated heterocycles. The van der Waals surface area contributed by atoms with Crippen LogP contribution in [0.4, 0.5) is 0 Å². The number of carboxylic acids is 1. The quantitative estimate of drug-likeness (QED) is 0.845. The average molecular weight is 218 g/mol. The number of carbonyl (C=O) groups is 2. The van der Waals surface area contributed by atoms with Gasteiger partial charge < -0.3 is 5.11 Å². The highest BCUT2D eigenvalue weighted by Crippen LogP contribution is 2.40. The number of carbonyl (C=O) groups excluding carboxylic acids is 1. The predicted molar refractivity (Wildman–Crippen MR) is 59.2 cm³/mol. The van der Waals surface area contributed by atoms with Gasteiger partial charge in [0.1, 0.15) is 5.78 Å². The molecule has 1 aliphatic rings. The van der Waals surface area contributed by atoms with E-state index in [0.717, 1.165) is 12.0 Å². The Bertz CT molecular complexity index is 410. The highest BCUT2D eigenvalue weighted by Gasteiger charge is 2.44. The maximum atomic E-state index is 12.0. The Labute approximate surface area is 94.1 Å². The van der Waals surface area contributed by atoms with Crippen molar-refractivity contribution in [3.05, 3.63) is 35.9 Å². The molecule has 0 aromatic heterocycles. The van der Waals surface area contributed by atoms with Gasteiger partial charge in [-0.1, -0.05) is 30.3 Å². The molecule has 1 aliphatic carbocycles. The number of benzene rings is 1. The van der Waals surface area contributed by atoms with Gasteiger partial charge in [0.05, 0.1) is 11.8 Å². The minimum absolute atomic E-state index is 0.0705. The molecule has 3 nitrogen and oxygen atoms in total. The van der Waals surface area contributed by atoms with Gasteiger partial charge in [-0.05, 0) is 18.4 Å². The summed E-state index contributed by atoms with van der Waals surface area (Å²) in [5, 5.41) is 8.97. The zero-order valence-electron chi connectivity index (χ0n) is 8.98. The zero-order chi connectivity index (χ0) is 11.6. The molecule has 16 heavy (non-hydrogen) atoms. The number of carboxylic acid groups (broad SMARTS) is 1. The van der Waals surface area contributed by atoms with E-state index < -0.39 is 11.4 Å². The van der Waals surface area contributed by atoms with Crippen LogP contribution in [-0.4, -0.2) is 16.9 Å². The third kappa shape index (κ3) is 1.73. The van der Waals surface area contributed by atoms with Crippen LogP contribution in [0.25, 0.3) is 0 Å². The number of hydrogen-bond acceptors (Lipinski definition) is 2. The Morgan fingerprint density at radius 3 is 2.50 bits per heavy atom. The number of rotatable bonds is 3. The summed E-state index contributed by atoms with van der Waals surface area (Å²) in [6, 6.07) is 9.28. The molecule has 1 aromatic rings. The lowest BCUT2D eigenvalue weighted by molar-refractivity contribution is -0.141. The van der Waals surface area contributed by atoms with E-state index in [-0.39, 0.29) is 12.2 Å². The summed E-state index contributed by atoms with van der Waals surface area (Å²) in [5.41, 5.74) is 0.0764. The minimum Gasteiger partial charge on any atom is -0.481 e. The monoisotopic (exact) mass is 218 g/mol. The molecule has 0 bridgehead atoms. The van der Waals surface area contributed by atoms with Crippen LogP contribution in [0.15, 0.2) is 30.3 Å². The molecule has 0 spiro atoms. The number of Topliss-reactive ketones (excluding diaryl/α,β-unsaturated/α-hetero) is 1.